The van der Waals surface area contributed by atoms with Crippen LogP contribution in [-0.4, -0.2) is 9.97 Å². The van der Waals surface area contributed by atoms with E-state index in [1.165, 1.54) is 27.5 Å². The van der Waals surface area contributed by atoms with Crippen molar-refractivity contribution < 1.29 is 4.42 Å². The summed E-state index contributed by atoms with van der Waals surface area (Å²) in [6.07, 6.45) is 0. The van der Waals surface area contributed by atoms with Gasteiger partial charge in [-0.15, -0.1) is 0 Å². The fourth-order valence-corrected chi connectivity index (χ4v) is 7.35. The predicted molar refractivity (Wildman–Crippen MR) is 212 cm³/mol. The van der Waals surface area contributed by atoms with E-state index in [9.17, 15) is 0 Å². The fourth-order valence-electron chi connectivity index (χ4n) is 7.35. The van der Waals surface area contributed by atoms with E-state index < -0.39 is 0 Å². The number of rotatable bonds is 5. The maximum atomic E-state index is 6.18. The van der Waals surface area contributed by atoms with Crippen LogP contribution in [0.15, 0.2) is 186 Å². The zero-order chi connectivity index (χ0) is 33.7. The topological polar surface area (TPSA) is 38.9 Å². The second kappa shape index (κ2) is 11.9. The van der Waals surface area contributed by atoms with E-state index in [0.29, 0.717) is 5.82 Å². The lowest BCUT2D eigenvalue weighted by Crippen LogP contribution is -1.96. The summed E-state index contributed by atoms with van der Waals surface area (Å²) in [6, 6.07) is 63.9. The lowest BCUT2D eigenvalue weighted by atomic mass is 9.96. The summed E-state index contributed by atoms with van der Waals surface area (Å²) in [7, 11) is 0. The third kappa shape index (κ3) is 5.15. The lowest BCUT2D eigenvalue weighted by Gasteiger charge is -2.12. The smallest absolute Gasteiger partial charge is 0.160 e. The Morgan fingerprint density at radius 2 is 0.902 bits per heavy atom. The highest BCUT2D eigenvalue weighted by Crippen LogP contribution is 2.38. The average Bonchev–Trinajstić information content (AvgIpc) is 3.60. The molecule has 3 heteroatoms. The quantitative estimate of drug-likeness (QED) is 0.186. The third-order valence-electron chi connectivity index (χ3n) is 9.89. The molecule has 0 saturated heterocycles. The molecule has 238 valence electrons. The summed E-state index contributed by atoms with van der Waals surface area (Å²) < 4.78 is 6.18. The van der Waals surface area contributed by atoms with Gasteiger partial charge in [0.15, 0.2) is 5.82 Å². The monoisotopic (exact) mass is 650 g/mol. The molecule has 0 aliphatic rings. The predicted octanol–water partition coefficient (Wildman–Crippen LogP) is 13.0. The van der Waals surface area contributed by atoms with E-state index >= 15 is 0 Å². The number of furan rings is 1. The van der Waals surface area contributed by atoms with E-state index in [1.807, 2.05) is 24.3 Å². The molecule has 0 atom stereocenters. The largest absolute Gasteiger partial charge is 0.456 e. The van der Waals surface area contributed by atoms with Crippen LogP contribution in [0.2, 0.25) is 0 Å². The van der Waals surface area contributed by atoms with E-state index in [4.69, 9.17) is 14.4 Å². The molecule has 0 aliphatic heterocycles. The highest BCUT2D eigenvalue weighted by Gasteiger charge is 2.15. The number of hydrogen-bond donors (Lipinski definition) is 0. The highest BCUT2D eigenvalue weighted by atomic mass is 16.3. The molecule has 0 fully saturated rings. The Hall–Kier alpha value is -6.84. The van der Waals surface area contributed by atoms with Crippen LogP contribution in [0.25, 0.3) is 99.6 Å². The first-order valence-electron chi connectivity index (χ1n) is 17.2. The molecule has 0 saturated carbocycles. The van der Waals surface area contributed by atoms with Crippen molar-refractivity contribution in [2.24, 2.45) is 0 Å². The molecule has 0 amide bonds. The summed E-state index contributed by atoms with van der Waals surface area (Å²) in [5, 5.41) is 7.06. The van der Waals surface area contributed by atoms with Crippen LogP contribution in [0.5, 0.6) is 0 Å². The zero-order valence-corrected chi connectivity index (χ0v) is 27.6. The minimum atomic E-state index is 0.699. The maximum absolute atomic E-state index is 6.18. The van der Waals surface area contributed by atoms with Gasteiger partial charge in [0, 0.05) is 27.5 Å². The second-order valence-electron chi connectivity index (χ2n) is 13.0. The van der Waals surface area contributed by atoms with Gasteiger partial charge in [0.25, 0.3) is 0 Å². The number of nitrogens with zero attached hydrogens (tertiary/aromatic N) is 2. The Balaban J connectivity index is 1.05. The van der Waals surface area contributed by atoms with Crippen LogP contribution in [0.4, 0.5) is 0 Å². The first kappa shape index (κ1) is 29.1. The summed E-state index contributed by atoms with van der Waals surface area (Å²) in [5.74, 6) is 0.699. The van der Waals surface area contributed by atoms with Crippen LogP contribution in [0.1, 0.15) is 0 Å². The molecular formula is C48H30N2O. The third-order valence-corrected chi connectivity index (χ3v) is 9.89. The van der Waals surface area contributed by atoms with Crippen molar-refractivity contribution in [1.82, 2.24) is 9.97 Å². The molecule has 0 unspecified atom stereocenters. The van der Waals surface area contributed by atoms with Crippen molar-refractivity contribution in [2.45, 2.75) is 0 Å². The van der Waals surface area contributed by atoms with Crippen LogP contribution in [-0.2, 0) is 0 Å². The van der Waals surface area contributed by atoms with Crippen LogP contribution >= 0.6 is 0 Å². The van der Waals surface area contributed by atoms with Crippen LogP contribution in [0, 0.1) is 0 Å². The molecule has 0 bridgehead atoms. The number of benzene rings is 8. The lowest BCUT2D eigenvalue weighted by molar-refractivity contribution is 0.669. The normalized spacial score (nSPS) is 11.5. The van der Waals surface area contributed by atoms with Crippen molar-refractivity contribution in [3.8, 4) is 56.2 Å². The summed E-state index contributed by atoms with van der Waals surface area (Å²) in [6.45, 7) is 0. The standard InChI is InChI=1S/C48H30N2O/c1-2-11-33(12-3-1)43-30-44(34-22-20-32(21-23-34)40-16-8-13-31-10-4-5-14-39(31)40)50-48(49-43)38-27-25-35-28-37(26-24-36(35)29-38)41-17-9-19-46-47(41)42-15-6-7-18-45(42)51-46/h1-30H. The van der Waals surface area contributed by atoms with E-state index in [-0.39, 0.29) is 0 Å². The van der Waals surface area contributed by atoms with Gasteiger partial charge in [-0.25, -0.2) is 9.97 Å². The van der Waals surface area contributed by atoms with Gasteiger partial charge in [-0.05, 0) is 74.1 Å². The molecule has 3 nitrogen and oxygen atoms in total. The van der Waals surface area contributed by atoms with E-state index in [1.54, 1.807) is 0 Å². The Labute approximate surface area is 295 Å². The SMILES string of the molecule is c1ccc(-c2cc(-c3ccc(-c4cccc5ccccc45)cc3)nc(-c3ccc4cc(-c5cccc6oc7ccccc7c56)ccc4c3)n2)cc1. The average molecular weight is 651 g/mol. The van der Waals surface area contributed by atoms with Crippen LogP contribution in [0.3, 0.4) is 0 Å². The molecule has 0 aliphatic carbocycles. The van der Waals surface area contributed by atoms with Crippen molar-refractivity contribution in [3.63, 3.8) is 0 Å². The van der Waals surface area contributed by atoms with E-state index in [0.717, 1.165) is 66.4 Å². The van der Waals surface area contributed by atoms with Gasteiger partial charge in [0.1, 0.15) is 11.2 Å². The van der Waals surface area contributed by atoms with Crippen molar-refractivity contribution in [2.75, 3.05) is 0 Å². The van der Waals surface area contributed by atoms with Gasteiger partial charge in [-0.3, -0.25) is 0 Å². The Bertz CT molecular complexity index is 2900. The molecule has 10 aromatic rings. The fraction of sp³-hybridized carbons (Fsp3) is 0. The minimum Gasteiger partial charge on any atom is -0.456 e. The van der Waals surface area contributed by atoms with Crippen molar-refractivity contribution >= 4 is 43.5 Å². The number of fused-ring (bicyclic) bond motifs is 5. The summed E-state index contributed by atoms with van der Waals surface area (Å²) >= 11 is 0. The number of aromatic nitrogens is 2. The van der Waals surface area contributed by atoms with Gasteiger partial charge < -0.3 is 4.42 Å². The Kier molecular flexibility index (Phi) is 6.81. The second-order valence-corrected chi connectivity index (χ2v) is 13.0. The molecule has 8 aromatic carbocycles. The molecule has 2 heterocycles. The molecular weight excluding hydrogens is 621 g/mol. The van der Waals surface area contributed by atoms with Crippen molar-refractivity contribution in [3.05, 3.63) is 182 Å². The van der Waals surface area contributed by atoms with Gasteiger partial charge in [-0.1, -0.05) is 152 Å². The van der Waals surface area contributed by atoms with Gasteiger partial charge in [0.05, 0.1) is 11.4 Å². The Morgan fingerprint density at radius 1 is 0.333 bits per heavy atom. The van der Waals surface area contributed by atoms with Crippen molar-refractivity contribution in [1.29, 1.82) is 0 Å². The van der Waals surface area contributed by atoms with Crippen LogP contribution < -0.4 is 0 Å². The van der Waals surface area contributed by atoms with E-state index in [2.05, 4.69) is 158 Å². The Morgan fingerprint density at radius 3 is 1.73 bits per heavy atom. The summed E-state index contributed by atoms with van der Waals surface area (Å²) in [5.41, 5.74) is 11.4. The molecule has 51 heavy (non-hydrogen) atoms. The van der Waals surface area contributed by atoms with Gasteiger partial charge in [0.2, 0.25) is 0 Å². The van der Waals surface area contributed by atoms with Gasteiger partial charge in [-0.2, -0.15) is 0 Å². The molecule has 0 radical (unpaired) electrons. The number of hydrogen-bond acceptors (Lipinski definition) is 3. The number of para-hydroxylation sites is 1. The summed E-state index contributed by atoms with van der Waals surface area (Å²) in [4.78, 5) is 10.3. The minimum absolute atomic E-state index is 0.699. The zero-order valence-electron chi connectivity index (χ0n) is 27.6. The maximum Gasteiger partial charge on any atom is 0.160 e. The first-order valence-corrected chi connectivity index (χ1v) is 17.2. The molecule has 0 N–H and O–H groups in total. The van der Waals surface area contributed by atoms with Gasteiger partial charge >= 0.3 is 0 Å². The highest BCUT2D eigenvalue weighted by molar-refractivity contribution is 6.13. The molecule has 2 aromatic heterocycles. The first-order chi connectivity index (χ1) is 25.2. The molecule has 10 rings (SSSR count). The molecule has 0 spiro atoms.